The molecule has 8 bridgehead atoms. The van der Waals surface area contributed by atoms with Crippen LogP contribution in [0.25, 0.3) is 78.6 Å². The Bertz CT molecular complexity index is 3740. The average Bonchev–Trinajstić information content (AvgIpc) is 4.19. The van der Waals surface area contributed by atoms with Crippen LogP contribution < -0.4 is 14.9 Å². The number of benzene rings is 7. The van der Waals surface area contributed by atoms with Crippen molar-refractivity contribution in [3.8, 4) is 22.8 Å². The van der Waals surface area contributed by atoms with Gasteiger partial charge in [-0.25, -0.2) is 4.98 Å². The second-order valence-corrected chi connectivity index (χ2v) is 17.8. The molecule has 0 saturated heterocycles. The van der Waals surface area contributed by atoms with Crippen molar-refractivity contribution in [2.45, 2.75) is 25.7 Å². The van der Waals surface area contributed by atoms with E-state index in [9.17, 15) is 0 Å². The third-order valence-electron chi connectivity index (χ3n) is 12.8. The van der Waals surface area contributed by atoms with Crippen molar-refractivity contribution in [3.05, 3.63) is 252 Å². The molecule has 0 radical (unpaired) electrons. The summed E-state index contributed by atoms with van der Waals surface area (Å²) in [7, 11) is 0. The van der Waals surface area contributed by atoms with Crippen LogP contribution in [0.1, 0.15) is 54.0 Å². The molecule has 2 atom stereocenters. The fourth-order valence-corrected chi connectivity index (χ4v) is 9.39. The van der Waals surface area contributed by atoms with Gasteiger partial charge in [0, 0.05) is 63.1 Å². The molecular formula is C62H45N9OTi. The first-order chi connectivity index (χ1) is 36.0. The summed E-state index contributed by atoms with van der Waals surface area (Å²) in [5.41, 5.74) is 12.5. The summed E-state index contributed by atoms with van der Waals surface area (Å²) in [6.45, 7) is 4.25. The van der Waals surface area contributed by atoms with Crippen LogP contribution in [-0.2, 0) is 23.7 Å². The molecule has 0 fully saturated rings. The van der Waals surface area contributed by atoms with E-state index in [2.05, 4.69) is 152 Å². The number of anilines is 2. The molecule has 3 aromatic heterocycles. The van der Waals surface area contributed by atoms with E-state index < -0.39 is 0 Å². The predicted molar refractivity (Wildman–Crippen MR) is 288 cm³/mol. The van der Waals surface area contributed by atoms with E-state index in [-0.39, 0.29) is 11.8 Å². The summed E-state index contributed by atoms with van der Waals surface area (Å²) in [4.78, 5) is 41.8. The van der Waals surface area contributed by atoms with E-state index >= 15 is 0 Å². The molecule has 0 spiro atoms. The topological polar surface area (TPSA) is 126 Å². The Morgan fingerprint density at radius 2 is 0.849 bits per heavy atom. The van der Waals surface area contributed by atoms with Crippen LogP contribution in [0.15, 0.2) is 224 Å². The van der Waals surface area contributed by atoms with Gasteiger partial charge < -0.3 is 34.8 Å². The second kappa shape index (κ2) is 20.9. The first-order valence-corrected chi connectivity index (χ1v) is 24.6. The summed E-state index contributed by atoms with van der Waals surface area (Å²) in [5.74, 6) is 2.39. The summed E-state index contributed by atoms with van der Waals surface area (Å²) in [6.07, 6.45) is 12.8. The van der Waals surface area contributed by atoms with E-state index in [0.29, 0.717) is 45.9 Å². The van der Waals surface area contributed by atoms with E-state index in [1.54, 1.807) is 0 Å². The van der Waals surface area contributed by atoms with E-state index in [1.165, 1.54) is 27.8 Å². The van der Waals surface area contributed by atoms with E-state index in [0.717, 1.165) is 64.5 Å². The number of rotatable bonds is 6. The molecule has 11 heteroatoms. The molecule has 13 rings (SSSR count). The van der Waals surface area contributed by atoms with Crippen LogP contribution >= 0.6 is 0 Å². The van der Waals surface area contributed by atoms with Crippen molar-refractivity contribution in [2.75, 3.05) is 4.90 Å². The Hall–Kier alpha value is -8.83. The molecule has 0 amide bonds. The molecule has 0 N–H and O–H groups in total. The Morgan fingerprint density at radius 1 is 0.452 bits per heavy atom. The maximum atomic E-state index is 8.25. The third-order valence-corrected chi connectivity index (χ3v) is 12.8. The number of allylic oxidation sites excluding steroid dienone is 5. The van der Waals surface area contributed by atoms with Gasteiger partial charge in [-0.1, -0.05) is 194 Å². The summed E-state index contributed by atoms with van der Waals surface area (Å²) in [6, 6.07) is 64.4. The van der Waals surface area contributed by atoms with Gasteiger partial charge >= 0.3 is 23.7 Å². The summed E-state index contributed by atoms with van der Waals surface area (Å²) in [5, 5.41) is 3.65. The number of hydrogen-bond donors (Lipinski definition) is 0. The predicted octanol–water partition coefficient (Wildman–Crippen LogP) is 14.0. The molecule has 3 aliphatic rings. The molecule has 5 heterocycles. The Labute approximate surface area is 434 Å². The SMILES string of the molecule is C1=CC2c3nc(nc4[n-]c(nc5nc(nc6[n-]c(n3)c3ccccc63)-c3ccccc3-5)c3ccccc43)C2C=C1.CC(C)=CN(c1ccccc1)c1ccc(C=C(c2ccccc2)c2ccccc2)cc1.[O]=[Ti+2]. The fourth-order valence-electron chi connectivity index (χ4n) is 9.39. The van der Waals surface area contributed by atoms with Crippen molar-refractivity contribution < 1.29 is 23.7 Å². The first kappa shape index (κ1) is 46.6. The fraction of sp³-hybridized carbons (Fsp3) is 0.0645. The molecule has 1 aliphatic carbocycles. The summed E-state index contributed by atoms with van der Waals surface area (Å²) >= 11 is 0.750. The Kier molecular flexibility index (Phi) is 13.3. The quantitative estimate of drug-likeness (QED) is 0.117. The van der Waals surface area contributed by atoms with Gasteiger partial charge in [-0.2, -0.15) is 0 Å². The standard InChI is InChI=1S/C32H18N8.C30H27N.O.Ti/c1-2-10-18-17(9-1)25-33-26(18)38-28-21-13-5-6-14-22(21)30(35-28)40-32-24-16-8-7-15-23(24)31(36-32)39-29-20-12-4-3-11-19(20)27(34-29)37-25;1-24(2)23-31(28-16-10-5-11-17-28)29-20-18-25(19-21-29)22-30(26-12-6-3-7-13-26)27-14-8-4-9-15-27;;/h1-18H;3-23H,1-2H3;;/q-2;;;+2. The van der Waals surface area contributed by atoms with Crippen LogP contribution in [0, 0.1) is 0 Å². The van der Waals surface area contributed by atoms with E-state index in [1.807, 2.05) is 91.0 Å². The number of hydrogen-bond acceptors (Lipinski definition) is 8. The number of nitrogens with zero attached hydrogens (tertiary/aromatic N) is 9. The zero-order valence-electron chi connectivity index (χ0n) is 39.9. The van der Waals surface area contributed by atoms with Gasteiger partial charge in [-0.15, -0.1) is 0 Å². The van der Waals surface area contributed by atoms with Crippen molar-refractivity contribution in [1.82, 2.24) is 39.9 Å². The molecule has 2 aliphatic heterocycles. The van der Waals surface area contributed by atoms with Crippen LogP contribution in [-0.4, -0.2) is 29.9 Å². The molecule has 7 aromatic carbocycles. The molecule has 0 saturated carbocycles. The van der Waals surface area contributed by atoms with Gasteiger partial charge in [-0.3, -0.25) is 4.98 Å². The molecule has 10 aromatic rings. The molecule has 10 nitrogen and oxygen atoms in total. The number of aromatic nitrogens is 8. The van der Waals surface area contributed by atoms with Crippen LogP contribution in [0.3, 0.4) is 0 Å². The summed E-state index contributed by atoms with van der Waals surface area (Å²) < 4.78 is 8.25. The zero-order valence-corrected chi connectivity index (χ0v) is 41.5. The molecule has 73 heavy (non-hydrogen) atoms. The minimum atomic E-state index is -0.0384. The third kappa shape index (κ3) is 9.57. The van der Waals surface area contributed by atoms with Gasteiger partial charge in [-0.05, 0) is 88.0 Å². The molecule has 348 valence electrons. The molecular weight excluding hydrogens is 935 g/mol. The van der Waals surface area contributed by atoms with Gasteiger partial charge in [0.05, 0.1) is 23.3 Å². The average molecular weight is 980 g/mol. The normalized spacial score (nSPS) is 13.9. The van der Waals surface area contributed by atoms with Gasteiger partial charge in [0.15, 0.2) is 0 Å². The monoisotopic (exact) mass is 979 g/mol. The van der Waals surface area contributed by atoms with Crippen molar-refractivity contribution in [1.29, 1.82) is 0 Å². The van der Waals surface area contributed by atoms with Crippen molar-refractivity contribution in [2.24, 2.45) is 0 Å². The molecule has 2 unspecified atom stereocenters. The second-order valence-electron chi connectivity index (χ2n) is 17.8. The van der Waals surface area contributed by atoms with Gasteiger partial charge in [0.1, 0.15) is 0 Å². The Balaban J connectivity index is 0.000000158. The number of para-hydroxylation sites is 1. The Morgan fingerprint density at radius 3 is 1.30 bits per heavy atom. The van der Waals surface area contributed by atoms with Crippen molar-refractivity contribution >= 4 is 67.2 Å². The van der Waals surface area contributed by atoms with Crippen LogP contribution in [0.5, 0.6) is 0 Å². The van der Waals surface area contributed by atoms with E-state index in [4.69, 9.17) is 43.2 Å². The van der Waals surface area contributed by atoms with Gasteiger partial charge in [0.25, 0.3) is 0 Å². The van der Waals surface area contributed by atoms with Crippen LogP contribution in [0.2, 0.25) is 0 Å². The maximum absolute atomic E-state index is 8.25. The van der Waals surface area contributed by atoms with Gasteiger partial charge in [0.2, 0.25) is 0 Å². The first-order valence-electron chi connectivity index (χ1n) is 24.0. The minimum absolute atomic E-state index is 0.0384. The number of fused-ring (bicyclic) bond motifs is 20. The van der Waals surface area contributed by atoms with Crippen LogP contribution in [0.4, 0.5) is 11.4 Å². The zero-order chi connectivity index (χ0) is 49.7. The van der Waals surface area contributed by atoms with Crippen molar-refractivity contribution in [3.63, 3.8) is 0 Å².